The lowest BCUT2D eigenvalue weighted by atomic mass is 10.1. The predicted molar refractivity (Wildman–Crippen MR) is 138 cm³/mol. The molecule has 186 valence electrons. The van der Waals surface area contributed by atoms with Crippen LogP contribution in [0, 0.1) is 16.0 Å². The Bertz CT molecular complexity index is 1150. The molecule has 2 aromatic rings. The van der Waals surface area contributed by atoms with Crippen molar-refractivity contribution in [2.45, 2.75) is 13.8 Å². The second-order valence-electron chi connectivity index (χ2n) is 8.19. The van der Waals surface area contributed by atoms with Gasteiger partial charge in [0.2, 0.25) is 5.91 Å². The number of piperazine rings is 1. The van der Waals surface area contributed by atoms with Crippen LogP contribution in [0.2, 0.25) is 5.02 Å². The van der Waals surface area contributed by atoms with E-state index in [1.165, 1.54) is 19.2 Å². The fourth-order valence-corrected chi connectivity index (χ4v) is 4.20. The monoisotopic (exact) mass is 519 g/mol. The van der Waals surface area contributed by atoms with E-state index >= 15 is 0 Å². The van der Waals surface area contributed by atoms with Gasteiger partial charge in [0, 0.05) is 49.4 Å². The number of anilines is 2. The van der Waals surface area contributed by atoms with Crippen molar-refractivity contribution >= 4 is 57.8 Å². The number of nitrogens with zero attached hydrogens (tertiary/aromatic N) is 3. The number of hydrogen-bond acceptors (Lipinski definition) is 7. The van der Waals surface area contributed by atoms with Gasteiger partial charge in [-0.15, -0.1) is 0 Å². The third-order valence-electron chi connectivity index (χ3n) is 5.50. The molecule has 2 aromatic carbocycles. The Balaban J connectivity index is 1.60. The summed E-state index contributed by atoms with van der Waals surface area (Å²) < 4.78 is 4.95. The summed E-state index contributed by atoms with van der Waals surface area (Å²) in [6.45, 7) is 6.40. The van der Waals surface area contributed by atoms with Gasteiger partial charge in [0.25, 0.3) is 5.91 Å². The number of halogens is 1. The first kappa shape index (κ1) is 26.2. The summed E-state index contributed by atoms with van der Waals surface area (Å²) in [5, 5.41) is 17.1. The maximum Gasteiger partial charge on any atom is 0.311 e. The summed E-state index contributed by atoms with van der Waals surface area (Å²) in [6, 6.07) is 9.20. The number of carbonyl (C=O) groups is 2. The summed E-state index contributed by atoms with van der Waals surface area (Å²) in [4.78, 5) is 39.2. The highest BCUT2D eigenvalue weighted by molar-refractivity contribution is 7.80. The fraction of sp³-hybridized carbons (Fsp3) is 0.348. The number of nitro groups is 1. The minimum Gasteiger partial charge on any atom is -0.490 e. The van der Waals surface area contributed by atoms with Gasteiger partial charge in [-0.2, -0.15) is 0 Å². The van der Waals surface area contributed by atoms with Gasteiger partial charge < -0.3 is 19.9 Å². The molecule has 1 aliphatic heterocycles. The molecule has 0 spiro atoms. The minimum absolute atomic E-state index is 0.0121. The summed E-state index contributed by atoms with van der Waals surface area (Å²) >= 11 is 11.7. The van der Waals surface area contributed by atoms with E-state index in [-0.39, 0.29) is 33.9 Å². The van der Waals surface area contributed by atoms with Crippen LogP contribution < -0.4 is 20.3 Å². The predicted octanol–water partition coefficient (Wildman–Crippen LogP) is 3.69. The summed E-state index contributed by atoms with van der Waals surface area (Å²) in [5.41, 5.74) is 1.15. The smallest absolute Gasteiger partial charge is 0.311 e. The van der Waals surface area contributed by atoms with Crippen molar-refractivity contribution in [3.63, 3.8) is 0 Å². The molecule has 0 aromatic heterocycles. The van der Waals surface area contributed by atoms with Gasteiger partial charge in [-0.05, 0) is 42.5 Å². The number of amides is 2. The van der Waals surface area contributed by atoms with Crippen LogP contribution in [0.1, 0.15) is 24.2 Å². The highest BCUT2D eigenvalue weighted by atomic mass is 35.5. The van der Waals surface area contributed by atoms with Crippen molar-refractivity contribution in [3.8, 4) is 5.75 Å². The molecule has 0 unspecified atom stereocenters. The third-order valence-corrected chi connectivity index (χ3v) is 6.00. The van der Waals surface area contributed by atoms with Crippen molar-refractivity contribution in [2.75, 3.05) is 43.5 Å². The van der Waals surface area contributed by atoms with Crippen LogP contribution in [0.15, 0.2) is 36.4 Å². The molecular weight excluding hydrogens is 494 g/mol. The molecule has 2 N–H and O–H groups in total. The number of hydrogen-bond donors (Lipinski definition) is 2. The Kier molecular flexibility index (Phi) is 8.47. The molecule has 0 atom stereocenters. The summed E-state index contributed by atoms with van der Waals surface area (Å²) in [7, 11) is 1.31. The van der Waals surface area contributed by atoms with Crippen LogP contribution in [-0.2, 0) is 4.79 Å². The zero-order valence-corrected chi connectivity index (χ0v) is 21.1. The maximum absolute atomic E-state index is 12.5. The van der Waals surface area contributed by atoms with E-state index in [0.29, 0.717) is 36.9 Å². The Morgan fingerprint density at radius 2 is 1.83 bits per heavy atom. The van der Waals surface area contributed by atoms with Crippen LogP contribution in [0.4, 0.5) is 17.1 Å². The quantitative estimate of drug-likeness (QED) is 0.337. The Morgan fingerprint density at radius 3 is 2.40 bits per heavy atom. The average molecular weight is 520 g/mol. The molecule has 1 aliphatic rings. The van der Waals surface area contributed by atoms with Crippen LogP contribution in [0.3, 0.4) is 0 Å². The van der Waals surface area contributed by atoms with E-state index in [1.54, 1.807) is 12.1 Å². The first-order chi connectivity index (χ1) is 16.6. The Morgan fingerprint density at radius 1 is 1.14 bits per heavy atom. The molecule has 10 nitrogen and oxygen atoms in total. The average Bonchev–Trinajstić information content (AvgIpc) is 2.83. The summed E-state index contributed by atoms with van der Waals surface area (Å²) in [6.07, 6.45) is 0. The van der Waals surface area contributed by atoms with Crippen molar-refractivity contribution < 1.29 is 19.2 Å². The van der Waals surface area contributed by atoms with Gasteiger partial charge in [-0.1, -0.05) is 25.4 Å². The molecule has 2 amide bonds. The third kappa shape index (κ3) is 6.37. The molecule has 35 heavy (non-hydrogen) atoms. The lowest BCUT2D eigenvalue weighted by molar-refractivity contribution is -0.385. The fourth-order valence-electron chi connectivity index (χ4n) is 3.69. The highest BCUT2D eigenvalue weighted by Gasteiger charge is 2.24. The molecular formula is C23H26ClN5O5S. The van der Waals surface area contributed by atoms with Gasteiger partial charge in [0.15, 0.2) is 10.9 Å². The number of methoxy groups -OCH3 is 1. The van der Waals surface area contributed by atoms with Crippen LogP contribution >= 0.6 is 23.8 Å². The molecule has 0 bridgehead atoms. The van der Waals surface area contributed by atoms with E-state index in [9.17, 15) is 19.7 Å². The van der Waals surface area contributed by atoms with E-state index in [4.69, 9.17) is 28.6 Å². The molecule has 0 radical (unpaired) electrons. The van der Waals surface area contributed by atoms with Gasteiger partial charge in [0.05, 0.1) is 22.7 Å². The zero-order chi connectivity index (χ0) is 25.7. The molecule has 1 heterocycles. The summed E-state index contributed by atoms with van der Waals surface area (Å²) in [5.74, 6) is -0.436. The Hall–Kier alpha value is -3.44. The van der Waals surface area contributed by atoms with E-state index < -0.39 is 10.8 Å². The Labute approximate surface area is 213 Å². The highest BCUT2D eigenvalue weighted by Crippen LogP contribution is 2.30. The van der Waals surface area contributed by atoms with E-state index in [1.807, 2.05) is 24.8 Å². The van der Waals surface area contributed by atoms with Crippen molar-refractivity contribution in [2.24, 2.45) is 5.92 Å². The number of benzene rings is 2. The van der Waals surface area contributed by atoms with Crippen LogP contribution in [-0.4, -0.2) is 60.0 Å². The normalized spacial score (nSPS) is 13.4. The number of thiocarbonyl (C=S) groups is 1. The first-order valence-corrected chi connectivity index (χ1v) is 11.7. The number of ether oxygens (including phenoxy) is 1. The van der Waals surface area contributed by atoms with Crippen LogP contribution in [0.5, 0.6) is 5.75 Å². The number of nitrogens with one attached hydrogen (secondary N) is 2. The van der Waals surface area contributed by atoms with Crippen molar-refractivity contribution in [1.29, 1.82) is 0 Å². The van der Waals surface area contributed by atoms with Crippen molar-refractivity contribution in [1.82, 2.24) is 10.2 Å². The van der Waals surface area contributed by atoms with Gasteiger partial charge in [-0.25, -0.2) is 0 Å². The maximum atomic E-state index is 12.5. The molecule has 0 saturated carbocycles. The molecule has 0 aliphatic carbocycles. The topological polar surface area (TPSA) is 117 Å². The molecule has 12 heteroatoms. The molecule has 3 rings (SSSR count). The lowest BCUT2D eigenvalue weighted by Crippen LogP contribution is -2.50. The zero-order valence-electron chi connectivity index (χ0n) is 19.5. The lowest BCUT2D eigenvalue weighted by Gasteiger charge is -2.37. The second kappa shape index (κ2) is 11.3. The van der Waals surface area contributed by atoms with Gasteiger partial charge in [-0.3, -0.25) is 25.0 Å². The first-order valence-electron chi connectivity index (χ1n) is 10.9. The SMILES string of the molecule is COc1ccc(C(=O)NC(=S)Nc2ccc(N3CCN(C(=O)C(C)C)CC3)c(Cl)c2)cc1[N+](=O)[O-]. The number of rotatable bonds is 6. The number of carbonyl (C=O) groups excluding carboxylic acids is 2. The second-order valence-corrected chi connectivity index (χ2v) is 9.00. The van der Waals surface area contributed by atoms with E-state index in [0.717, 1.165) is 11.8 Å². The van der Waals surface area contributed by atoms with E-state index in [2.05, 4.69) is 15.5 Å². The standard InChI is InChI=1S/C23H26ClN5O5S/c1-14(2)22(31)28-10-8-27(9-11-28)18-6-5-16(13-17(18)24)25-23(35)26-21(30)15-4-7-20(34-3)19(12-15)29(32)33/h4-7,12-14H,8-11H2,1-3H3,(H2,25,26,30,35). The molecule has 1 fully saturated rings. The minimum atomic E-state index is -0.627. The van der Waals surface area contributed by atoms with Crippen molar-refractivity contribution in [3.05, 3.63) is 57.1 Å². The number of nitro benzene ring substituents is 1. The largest absolute Gasteiger partial charge is 0.490 e. The van der Waals surface area contributed by atoms with Crippen LogP contribution in [0.25, 0.3) is 0 Å². The van der Waals surface area contributed by atoms with Gasteiger partial charge in [0.1, 0.15) is 0 Å². The molecule has 1 saturated heterocycles. The van der Waals surface area contributed by atoms with Gasteiger partial charge >= 0.3 is 5.69 Å².